The Morgan fingerprint density at radius 1 is 1.20 bits per heavy atom. The number of nitrogens with two attached hydrogens (primary N) is 1. The number of hydrogen-bond acceptors (Lipinski definition) is 5. The van der Waals surface area contributed by atoms with Gasteiger partial charge in [0, 0.05) is 16.8 Å². The molecule has 0 aliphatic heterocycles. The summed E-state index contributed by atoms with van der Waals surface area (Å²) in [7, 11) is 4.52. The zero-order valence-electron chi connectivity index (χ0n) is 14.3. The van der Waals surface area contributed by atoms with E-state index < -0.39 is 5.97 Å². The zero-order valence-corrected chi connectivity index (χ0v) is 15.1. The van der Waals surface area contributed by atoms with Crippen LogP contribution in [0.1, 0.15) is 22.6 Å². The second-order valence-corrected chi connectivity index (χ2v) is 5.62. The van der Waals surface area contributed by atoms with E-state index in [4.69, 9.17) is 31.5 Å². The second-order valence-electron chi connectivity index (χ2n) is 5.25. The number of ether oxygens (including phenoxy) is 3. The number of rotatable bonds is 8. The van der Waals surface area contributed by atoms with E-state index in [-0.39, 0.29) is 10.7 Å². The molecule has 2 rings (SSSR count). The summed E-state index contributed by atoms with van der Waals surface area (Å²) < 4.78 is 16.2. The minimum Gasteiger partial charge on any atom is -0.493 e. The van der Waals surface area contributed by atoms with E-state index in [1.165, 1.54) is 21.3 Å². The van der Waals surface area contributed by atoms with Crippen molar-refractivity contribution in [1.82, 2.24) is 4.98 Å². The molecule has 0 radical (unpaired) electrons. The molecule has 1 aromatic carbocycles. The first-order valence-corrected chi connectivity index (χ1v) is 8.00. The van der Waals surface area contributed by atoms with E-state index in [9.17, 15) is 9.90 Å². The molecule has 136 valence electrons. The number of nitrogens with one attached hydrogen (secondary N) is 1. The maximum Gasteiger partial charge on any atom is 0.353 e. The molecule has 0 aliphatic rings. The highest BCUT2D eigenvalue weighted by molar-refractivity contribution is 6.36. The molecule has 0 bridgehead atoms. The van der Waals surface area contributed by atoms with E-state index in [0.29, 0.717) is 53.5 Å². The van der Waals surface area contributed by atoms with Crippen LogP contribution in [-0.2, 0) is 6.42 Å². The zero-order chi connectivity index (χ0) is 18.6. The van der Waals surface area contributed by atoms with Crippen LogP contribution in [0.5, 0.6) is 17.2 Å². The number of aryl methyl sites for hydroxylation is 1. The lowest BCUT2D eigenvalue weighted by Crippen LogP contribution is -2.02. The predicted octanol–water partition coefficient (Wildman–Crippen LogP) is 2.95. The number of methoxy groups -OCH3 is 3. The normalized spacial score (nSPS) is 10.6. The summed E-state index contributed by atoms with van der Waals surface area (Å²) in [5.41, 5.74) is 7.37. The van der Waals surface area contributed by atoms with Gasteiger partial charge in [-0.15, -0.1) is 0 Å². The molecule has 0 amide bonds. The van der Waals surface area contributed by atoms with Crippen molar-refractivity contribution in [2.24, 2.45) is 5.73 Å². The Labute approximate surface area is 150 Å². The summed E-state index contributed by atoms with van der Waals surface area (Å²) in [6.07, 6.45) is 1.23. The van der Waals surface area contributed by atoms with Crippen LogP contribution in [0.3, 0.4) is 0 Å². The Morgan fingerprint density at radius 2 is 1.88 bits per heavy atom. The van der Waals surface area contributed by atoms with Gasteiger partial charge in [0.25, 0.3) is 0 Å². The minimum absolute atomic E-state index is 0.0690. The van der Waals surface area contributed by atoms with E-state index in [0.717, 1.165) is 0 Å². The van der Waals surface area contributed by atoms with E-state index in [2.05, 4.69) is 4.98 Å². The highest BCUT2D eigenvalue weighted by atomic mass is 35.5. The molecular formula is C17H21ClN2O5. The lowest BCUT2D eigenvalue weighted by Gasteiger charge is -2.16. The number of aromatic nitrogens is 1. The van der Waals surface area contributed by atoms with Crippen LogP contribution < -0.4 is 19.9 Å². The number of carboxylic acids is 1. The van der Waals surface area contributed by atoms with Crippen LogP contribution in [0.2, 0.25) is 5.02 Å². The van der Waals surface area contributed by atoms with Crippen LogP contribution in [0, 0.1) is 0 Å². The highest BCUT2D eigenvalue weighted by Gasteiger charge is 2.26. The molecule has 1 heterocycles. The maximum absolute atomic E-state index is 11.5. The summed E-state index contributed by atoms with van der Waals surface area (Å²) in [4.78, 5) is 14.3. The van der Waals surface area contributed by atoms with Crippen LogP contribution in [-0.4, -0.2) is 43.9 Å². The Kier molecular flexibility index (Phi) is 6.17. The first kappa shape index (κ1) is 19.0. The summed E-state index contributed by atoms with van der Waals surface area (Å²) in [6, 6.07) is 3.47. The third-order valence-corrected chi connectivity index (χ3v) is 4.21. The van der Waals surface area contributed by atoms with Crippen molar-refractivity contribution in [3.8, 4) is 28.4 Å². The molecule has 0 atom stereocenters. The van der Waals surface area contributed by atoms with Crippen molar-refractivity contribution in [3.05, 3.63) is 28.5 Å². The average Bonchev–Trinajstić information content (AvgIpc) is 2.94. The molecule has 7 nitrogen and oxygen atoms in total. The summed E-state index contributed by atoms with van der Waals surface area (Å²) in [5.74, 6) is 0.177. The molecule has 0 spiro atoms. The van der Waals surface area contributed by atoms with Crippen molar-refractivity contribution < 1.29 is 24.1 Å². The number of aromatic amines is 1. The lowest BCUT2D eigenvalue weighted by molar-refractivity contribution is 0.0691. The standard InChI is InChI=1S/C17H21ClN2O5/c1-23-11-7-6-9(15(24-2)16(11)25-3)12-10(5-4-8-19)20-14(13(12)18)17(21)22/h6-7,20H,4-5,8,19H2,1-3H3,(H,21,22). The van der Waals surface area contributed by atoms with Gasteiger partial charge in [0.05, 0.1) is 26.4 Å². The Morgan fingerprint density at radius 3 is 2.40 bits per heavy atom. The SMILES string of the molecule is COc1ccc(-c2c(CCCN)[nH]c(C(=O)O)c2Cl)c(OC)c1OC. The third-order valence-electron chi connectivity index (χ3n) is 3.83. The first-order chi connectivity index (χ1) is 12.0. The predicted molar refractivity (Wildman–Crippen MR) is 95.2 cm³/mol. The van der Waals surface area contributed by atoms with E-state index in [1.807, 2.05) is 0 Å². The molecule has 1 aromatic heterocycles. The Balaban J connectivity index is 2.74. The highest BCUT2D eigenvalue weighted by Crippen LogP contribution is 2.47. The molecule has 0 saturated carbocycles. The molecule has 4 N–H and O–H groups in total. The van der Waals surface area contributed by atoms with Crippen LogP contribution in [0.25, 0.3) is 11.1 Å². The monoisotopic (exact) mass is 368 g/mol. The second kappa shape index (κ2) is 8.13. The lowest BCUT2D eigenvalue weighted by atomic mass is 10.0. The fraction of sp³-hybridized carbons (Fsp3) is 0.353. The topological polar surface area (TPSA) is 107 Å². The van der Waals surface area contributed by atoms with Gasteiger partial charge in [0.2, 0.25) is 5.75 Å². The van der Waals surface area contributed by atoms with Crippen LogP contribution in [0.4, 0.5) is 0 Å². The summed E-state index contributed by atoms with van der Waals surface area (Å²) in [6.45, 7) is 0.474. The molecule has 25 heavy (non-hydrogen) atoms. The molecule has 2 aromatic rings. The number of carboxylic acid groups (broad SMARTS) is 1. The van der Waals surface area contributed by atoms with Crippen molar-refractivity contribution in [2.75, 3.05) is 27.9 Å². The van der Waals surface area contributed by atoms with Gasteiger partial charge in [0.1, 0.15) is 5.69 Å². The van der Waals surface area contributed by atoms with Crippen molar-refractivity contribution in [1.29, 1.82) is 0 Å². The van der Waals surface area contributed by atoms with Crippen LogP contribution in [0.15, 0.2) is 12.1 Å². The van der Waals surface area contributed by atoms with Gasteiger partial charge in [-0.25, -0.2) is 4.79 Å². The van der Waals surface area contributed by atoms with Gasteiger partial charge in [-0.2, -0.15) is 0 Å². The number of aromatic carboxylic acids is 1. The molecular weight excluding hydrogens is 348 g/mol. The number of benzene rings is 1. The number of hydrogen-bond donors (Lipinski definition) is 3. The van der Waals surface area contributed by atoms with Crippen molar-refractivity contribution in [3.63, 3.8) is 0 Å². The van der Waals surface area contributed by atoms with E-state index in [1.54, 1.807) is 12.1 Å². The van der Waals surface area contributed by atoms with Gasteiger partial charge in [-0.05, 0) is 31.5 Å². The molecule has 8 heteroatoms. The van der Waals surface area contributed by atoms with Gasteiger partial charge >= 0.3 is 5.97 Å². The summed E-state index contributed by atoms with van der Waals surface area (Å²) in [5, 5.41) is 9.48. The Bertz CT molecular complexity index is 773. The van der Waals surface area contributed by atoms with Gasteiger partial charge < -0.3 is 30.0 Å². The van der Waals surface area contributed by atoms with Crippen molar-refractivity contribution in [2.45, 2.75) is 12.8 Å². The quantitative estimate of drug-likeness (QED) is 0.661. The smallest absolute Gasteiger partial charge is 0.353 e. The number of carbonyl (C=O) groups is 1. The minimum atomic E-state index is -1.13. The number of H-pyrrole nitrogens is 1. The van der Waals surface area contributed by atoms with Gasteiger partial charge in [0.15, 0.2) is 11.5 Å². The summed E-state index contributed by atoms with van der Waals surface area (Å²) >= 11 is 6.37. The largest absolute Gasteiger partial charge is 0.493 e. The number of halogens is 1. The van der Waals surface area contributed by atoms with Gasteiger partial charge in [-0.3, -0.25) is 0 Å². The fourth-order valence-electron chi connectivity index (χ4n) is 2.72. The Hall–Kier alpha value is -2.38. The average molecular weight is 369 g/mol. The molecule has 0 aliphatic carbocycles. The fourth-order valence-corrected chi connectivity index (χ4v) is 3.06. The van der Waals surface area contributed by atoms with Crippen LogP contribution >= 0.6 is 11.6 Å². The van der Waals surface area contributed by atoms with Crippen molar-refractivity contribution >= 4 is 17.6 Å². The molecule has 0 unspecified atom stereocenters. The molecule has 0 fully saturated rings. The third kappa shape index (κ3) is 3.52. The maximum atomic E-state index is 11.5. The first-order valence-electron chi connectivity index (χ1n) is 7.63. The molecule has 0 saturated heterocycles. The van der Waals surface area contributed by atoms with E-state index >= 15 is 0 Å². The van der Waals surface area contributed by atoms with Gasteiger partial charge in [-0.1, -0.05) is 11.6 Å².